The first-order chi connectivity index (χ1) is 11.4. The predicted octanol–water partition coefficient (Wildman–Crippen LogP) is 4.40. The van der Waals surface area contributed by atoms with Gasteiger partial charge in [-0.2, -0.15) is 10.4 Å². The van der Waals surface area contributed by atoms with Crippen molar-refractivity contribution in [1.82, 2.24) is 9.78 Å². The molecular weight excluding hydrogens is 327 g/mol. The first-order valence-corrected chi connectivity index (χ1v) is 7.61. The Morgan fingerprint density at radius 2 is 1.92 bits per heavy atom. The highest BCUT2D eigenvalue weighted by Gasteiger charge is 2.20. The second-order valence-corrected chi connectivity index (χ2v) is 6.01. The van der Waals surface area contributed by atoms with Gasteiger partial charge in [-0.25, -0.2) is 9.07 Å². The molecule has 3 aromatic rings. The molecule has 0 bridgehead atoms. The summed E-state index contributed by atoms with van der Waals surface area (Å²) < 4.78 is 15.1. The molecule has 0 spiro atoms. The average Bonchev–Trinajstić information content (AvgIpc) is 2.83. The van der Waals surface area contributed by atoms with E-state index < -0.39 is 5.82 Å². The molecule has 0 saturated carbocycles. The Morgan fingerprint density at radius 1 is 1.17 bits per heavy atom. The van der Waals surface area contributed by atoms with E-state index in [9.17, 15) is 9.65 Å². The number of nitriles is 1. The number of nitrogens with zero attached hydrogens (tertiary/aromatic N) is 3. The average molecular weight is 341 g/mol. The lowest BCUT2D eigenvalue weighted by atomic mass is 10.1. The largest absolute Gasteiger partial charge is 0.382 e. The number of aryl methyl sites for hydroxylation is 2. The van der Waals surface area contributed by atoms with E-state index in [1.54, 1.807) is 25.1 Å². The van der Waals surface area contributed by atoms with E-state index in [0.717, 1.165) is 11.1 Å². The zero-order chi connectivity index (χ0) is 17.4. The molecule has 6 heteroatoms. The third kappa shape index (κ3) is 2.72. The van der Waals surface area contributed by atoms with Crippen molar-refractivity contribution in [1.29, 1.82) is 5.26 Å². The van der Waals surface area contributed by atoms with Crippen molar-refractivity contribution in [2.75, 3.05) is 5.73 Å². The first kappa shape index (κ1) is 16.0. The number of hydrogen-bond acceptors (Lipinski definition) is 3. The van der Waals surface area contributed by atoms with Crippen LogP contribution in [0.25, 0.3) is 16.9 Å². The SMILES string of the molecule is Cc1cc(F)cc(-n2nc(-c3ccc(C)cc3Cl)c(C#N)c2N)c1. The Bertz CT molecular complexity index is 965. The summed E-state index contributed by atoms with van der Waals surface area (Å²) in [6, 6.07) is 12.0. The minimum Gasteiger partial charge on any atom is -0.382 e. The highest BCUT2D eigenvalue weighted by molar-refractivity contribution is 6.33. The van der Waals surface area contributed by atoms with E-state index in [4.69, 9.17) is 17.3 Å². The topological polar surface area (TPSA) is 67.6 Å². The van der Waals surface area contributed by atoms with Gasteiger partial charge in [0.1, 0.15) is 29.0 Å². The summed E-state index contributed by atoms with van der Waals surface area (Å²) in [7, 11) is 0. The molecule has 0 fully saturated rings. The van der Waals surface area contributed by atoms with Crippen LogP contribution >= 0.6 is 11.6 Å². The number of nitrogen functional groups attached to an aromatic ring is 1. The van der Waals surface area contributed by atoms with Crippen molar-refractivity contribution in [3.63, 3.8) is 0 Å². The summed E-state index contributed by atoms with van der Waals surface area (Å²) in [5.41, 5.74) is 9.45. The van der Waals surface area contributed by atoms with Crippen LogP contribution in [0.3, 0.4) is 0 Å². The molecule has 0 radical (unpaired) electrons. The Labute approximate surface area is 143 Å². The summed E-state index contributed by atoms with van der Waals surface area (Å²) in [4.78, 5) is 0. The zero-order valence-electron chi connectivity index (χ0n) is 13.1. The van der Waals surface area contributed by atoms with Crippen LogP contribution < -0.4 is 5.73 Å². The van der Waals surface area contributed by atoms with Gasteiger partial charge in [0.15, 0.2) is 0 Å². The third-order valence-corrected chi connectivity index (χ3v) is 4.00. The predicted molar refractivity (Wildman–Crippen MR) is 92.6 cm³/mol. The molecule has 4 nitrogen and oxygen atoms in total. The Kier molecular flexibility index (Phi) is 4.00. The lowest BCUT2D eigenvalue weighted by Gasteiger charge is -2.05. The molecule has 0 unspecified atom stereocenters. The fraction of sp³-hybridized carbons (Fsp3) is 0.111. The molecule has 0 aliphatic carbocycles. The van der Waals surface area contributed by atoms with Gasteiger partial charge in [-0.15, -0.1) is 0 Å². The molecule has 2 aromatic carbocycles. The standard InChI is InChI=1S/C18H14ClFN4/c1-10-3-4-14(16(19)7-10)17-15(9-21)18(22)24(23-17)13-6-11(2)5-12(20)8-13/h3-8H,22H2,1-2H3. The van der Waals surface area contributed by atoms with Crippen LogP contribution in [-0.2, 0) is 0 Å². The maximum Gasteiger partial charge on any atom is 0.145 e. The van der Waals surface area contributed by atoms with E-state index in [1.807, 2.05) is 13.0 Å². The second kappa shape index (κ2) is 5.99. The van der Waals surface area contributed by atoms with Gasteiger partial charge in [0, 0.05) is 5.56 Å². The molecular formula is C18H14ClFN4. The highest BCUT2D eigenvalue weighted by atomic mass is 35.5. The maximum absolute atomic E-state index is 13.7. The van der Waals surface area contributed by atoms with Crippen molar-refractivity contribution in [3.8, 4) is 23.0 Å². The van der Waals surface area contributed by atoms with Crippen LogP contribution in [0.5, 0.6) is 0 Å². The van der Waals surface area contributed by atoms with Gasteiger partial charge in [0.2, 0.25) is 0 Å². The first-order valence-electron chi connectivity index (χ1n) is 7.23. The van der Waals surface area contributed by atoms with Gasteiger partial charge in [-0.05, 0) is 49.2 Å². The summed E-state index contributed by atoms with van der Waals surface area (Å²) in [6.07, 6.45) is 0. The highest BCUT2D eigenvalue weighted by Crippen LogP contribution is 2.33. The minimum atomic E-state index is -0.395. The Hall–Kier alpha value is -2.84. The zero-order valence-corrected chi connectivity index (χ0v) is 13.9. The maximum atomic E-state index is 13.7. The Balaban J connectivity index is 2.25. The molecule has 3 rings (SSSR count). The molecule has 1 heterocycles. The number of anilines is 1. The smallest absolute Gasteiger partial charge is 0.145 e. The van der Waals surface area contributed by atoms with Gasteiger partial charge < -0.3 is 5.73 Å². The number of nitrogens with two attached hydrogens (primary N) is 1. The van der Waals surface area contributed by atoms with Gasteiger partial charge >= 0.3 is 0 Å². The van der Waals surface area contributed by atoms with E-state index in [0.29, 0.717) is 22.0 Å². The number of hydrogen-bond donors (Lipinski definition) is 1. The van der Waals surface area contributed by atoms with Crippen LogP contribution in [0.1, 0.15) is 16.7 Å². The van der Waals surface area contributed by atoms with Crippen LogP contribution in [-0.4, -0.2) is 9.78 Å². The van der Waals surface area contributed by atoms with Crippen molar-refractivity contribution >= 4 is 17.4 Å². The molecule has 120 valence electrons. The molecule has 24 heavy (non-hydrogen) atoms. The molecule has 0 saturated heterocycles. The molecule has 1 aromatic heterocycles. The second-order valence-electron chi connectivity index (χ2n) is 5.60. The lowest BCUT2D eigenvalue weighted by molar-refractivity contribution is 0.624. The van der Waals surface area contributed by atoms with Crippen LogP contribution in [0, 0.1) is 31.0 Å². The van der Waals surface area contributed by atoms with Gasteiger partial charge in [-0.3, -0.25) is 0 Å². The fourth-order valence-corrected chi connectivity index (χ4v) is 2.90. The van der Waals surface area contributed by atoms with Crippen molar-refractivity contribution in [2.24, 2.45) is 0 Å². The quantitative estimate of drug-likeness (QED) is 0.751. The van der Waals surface area contributed by atoms with Crippen molar-refractivity contribution in [3.05, 3.63) is 63.9 Å². The summed E-state index contributed by atoms with van der Waals surface area (Å²) in [5, 5.41) is 14.4. The molecule has 0 atom stereocenters. The fourth-order valence-electron chi connectivity index (χ4n) is 2.58. The molecule has 0 aliphatic rings. The van der Waals surface area contributed by atoms with E-state index in [-0.39, 0.29) is 11.4 Å². The van der Waals surface area contributed by atoms with Gasteiger partial charge in [0.05, 0.1) is 10.7 Å². The van der Waals surface area contributed by atoms with Crippen molar-refractivity contribution in [2.45, 2.75) is 13.8 Å². The molecule has 0 amide bonds. The lowest BCUT2D eigenvalue weighted by Crippen LogP contribution is -2.03. The summed E-state index contributed by atoms with van der Waals surface area (Å²) in [5.74, 6) is -0.248. The van der Waals surface area contributed by atoms with Crippen LogP contribution in [0.2, 0.25) is 5.02 Å². The number of benzene rings is 2. The van der Waals surface area contributed by atoms with Crippen molar-refractivity contribution < 1.29 is 4.39 Å². The monoisotopic (exact) mass is 340 g/mol. The van der Waals surface area contributed by atoms with Crippen LogP contribution in [0.4, 0.5) is 10.2 Å². The van der Waals surface area contributed by atoms with Gasteiger partial charge in [-0.1, -0.05) is 23.7 Å². The third-order valence-electron chi connectivity index (χ3n) is 3.68. The van der Waals surface area contributed by atoms with E-state index >= 15 is 0 Å². The van der Waals surface area contributed by atoms with Crippen LogP contribution in [0.15, 0.2) is 36.4 Å². The molecule has 2 N–H and O–H groups in total. The number of halogens is 2. The normalized spacial score (nSPS) is 10.6. The molecule has 0 aliphatic heterocycles. The van der Waals surface area contributed by atoms with Gasteiger partial charge in [0.25, 0.3) is 0 Å². The summed E-state index contributed by atoms with van der Waals surface area (Å²) in [6.45, 7) is 3.69. The number of rotatable bonds is 2. The minimum absolute atomic E-state index is 0.147. The number of aromatic nitrogens is 2. The summed E-state index contributed by atoms with van der Waals surface area (Å²) >= 11 is 6.29. The van der Waals surface area contributed by atoms with E-state index in [1.165, 1.54) is 16.8 Å². The Morgan fingerprint density at radius 3 is 2.54 bits per heavy atom. The van der Waals surface area contributed by atoms with E-state index in [2.05, 4.69) is 11.2 Å².